The second-order valence-electron chi connectivity index (χ2n) is 4.72. The number of halogens is 2. The van der Waals surface area contributed by atoms with E-state index in [1.165, 1.54) is 19.3 Å². The van der Waals surface area contributed by atoms with Gasteiger partial charge in [0.2, 0.25) is 10.0 Å². The van der Waals surface area contributed by atoms with E-state index in [1.54, 1.807) is 30.3 Å². The number of imidazole rings is 1. The van der Waals surface area contributed by atoms with Gasteiger partial charge in [0.05, 0.1) is 11.8 Å². The zero-order valence-electron chi connectivity index (χ0n) is 12.0. The monoisotopic (exact) mass is 329 g/mol. The number of rotatable bonds is 7. The number of nitrogens with one attached hydrogen (secondary N) is 1. The van der Waals surface area contributed by atoms with E-state index in [4.69, 9.17) is 0 Å². The molecular formula is C14H17F2N3O2S. The molecule has 2 rings (SSSR count). The summed E-state index contributed by atoms with van der Waals surface area (Å²) in [6.45, 7) is -1.19. The highest BCUT2D eigenvalue weighted by Gasteiger charge is 2.22. The standard InChI is InChI=1S/C14H17F2N3O2S/c1-2-22(20,21)18-12(11-6-4-3-5-7-11)10-13-17-8-9-19(13)14(15)16/h3-9,12,14,18H,2,10H2,1H3. The highest BCUT2D eigenvalue weighted by Crippen LogP contribution is 2.21. The predicted molar refractivity (Wildman–Crippen MR) is 79.0 cm³/mol. The van der Waals surface area contributed by atoms with Gasteiger partial charge in [-0.05, 0) is 12.5 Å². The molecule has 8 heteroatoms. The van der Waals surface area contributed by atoms with Gasteiger partial charge in [0, 0.05) is 18.8 Å². The normalized spacial score (nSPS) is 13.5. The van der Waals surface area contributed by atoms with E-state index in [0.29, 0.717) is 5.56 Å². The number of benzene rings is 1. The van der Waals surface area contributed by atoms with Gasteiger partial charge in [0.1, 0.15) is 5.82 Å². The molecule has 1 N–H and O–H groups in total. The van der Waals surface area contributed by atoms with Crippen LogP contribution in [0, 0.1) is 0 Å². The van der Waals surface area contributed by atoms with Crippen molar-refractivity contribution in [1.29, 1.82) is 0 Å². The number of hydrogen-bond donors (Lipinski definition) is 1. The molecule has 0 saturated heterocycles. The molecule has 1 heterocycles. The zero-order valence-corrected chi connectivity index (χ0v) is 12.8. The van der Waals surface area contributed by atoms with Crippen LogP contribution in [0.25, 0.3) is 0 Å². The molecule has 0 aliphatic carbocycles. The van der Waals surface area contributed by atoms with Crippen LogP contribution in [0.4, 0.5) is 8.78 Å². The minimum absolute atomic E-state index is 0.0422. The lowest BCUT2D eigenvalue weighted by atomic mass is 10.0. The summed E-state index contributed by atoms with van der Waals surface area (Å²) in [6, 6.07) is 8.18. The number of hydrogen-bond acceptors (Lipinski definition) is 3. The first kappa shape index (κ1) is 16.6. The topological polar surface area (TPSA) is 64.0 Å². The third-order valence-corrected chi connectivity index (χ3v) is 4.65. The highest BCUT2D eigenvalue weighted by atomic mass is 32.2. The van der Waals surface area contributed by atoms with Crippen LogP contribution in [-0.4, -0.2) is 23.7 Å². The molecule has 5 nitrogen and oxygen atoms in total. The van der Waals surface area contributed by atoms with Crippen LogP contribution in [-0.2, 0) is 16.4 Å². The van der Waals surface area contributed by atoms with E-state index < -0.39 is 22.6 Å². The lowest BCUT2D eigenvalue weighted by Gasteiger charge is -2.19. The summed E-state index contributed by atoms with van der Waals surface area (Å²) in [5.74, 6) is 0.0438. The third-order valence-electron chi connectivity index (χ3n) is 3.25. The van der Waals surface area contributed by atoms with Crippen molar-refractivity contribution in [2.75, 3.05) is 5.75 Å². The maximum absolute atomic E-state index is 12.9. The molecule has 0 saturated carbocycles. The Hall–Kier alpha value is -1.80. The molecule has 1 atom stereocenters. The van der Waals surface area contributed by atoms with Gasteiger partial charge < -0.3 is 0 Å². The lowest BCUT2D eigenvalue weighted by Crippen LogP contribution is -2.32. The Morgan fingerprint density at radius 3 is 2.55 bits per heavy atom. The SMILES string of the molecule is CCS(=O)(=O)NC(Cc1nccn1C(F)F)c1ccccc1. The van der Waals surface area contributed by atoms with Crippen molar-refractivity contribution < 1.29 is 17.2 Å². The molecule has 1 aromatic heterocycles. The fourth-order valence-electron chi connectivity index (χ4n) is 2.08. The van der Waals surface area contributed by atoms with Crippen molar-refractivity contribution in [2.45, 2.75) is 25.9 Å². The van der Waals surface area contributed by atoms with Gasteiger partial charge >= 0.3 is 6.55 Å². The van der Waals surface area contributed by atoms with Crippen LogP contribution in [0.5, 0.6) is 0 Å². The summed E-state index contributed by atoms with van der Waals surface area (Å²) in [7, 11) is -3.48. The van der Waals surface area contributed by atoms with Crippen LogP contribution >= 0.6 is 0 Å². The second kappa shape index (κ2) is 6.97. The molecule has 0 aliphatic rings. The Balaban J connectivity index is 2.31. The summed E-state index contributed by atoms with van der Waals surface area (Å²) in [6.07, 6.45) is 2.49. The molecule has 0 spiro atoms. The number of nitrogens with zero attached hydrogens (tertiary/aromatic N) is 2. The maximum Gasteiger partial charge on any atom is 0.319 e. The van der Waals surface area contributed by atoms with Crippen molar-refractivity contribution in [3.05, 3.63) is 54.1 Å². The zero-order chi connectivity index (χ0) is 16.2. The Morgan fingerprint density at radius 1 is 1.27 bits per heavy atom. The Labute approximate surface area is 128 Å². The largest absolute Gasteiger partial charge is 0.319 e. The fourth-order valence-corrected chi connectivity index (χ4v) is 2.89. The Morgan fingerprint density at radius 2 is 1.95 bits per heavy atom. The molecule has 22 heavy (non-hydrogen) atoms. The average molecular weight is 329 g/mol. The quantitative estimate of drug-likeness (QED) is 0.849. The summed E-state index contributed by atoms with van der Waals surface area (Å²) in [5.41, 5.74) is 0.698. The summed E-state index contributed by atoms with van der Waals surface area (Å²) in [5, 5.41) is 0. The Bertz CT molecular complexity index is 702. The number of alkyl halides is 2. The van der Waals surface area contributed by atoms with Crippen LogP contribution in [0.15, 0.2) is 42.7 Å². The maximum atomic E-state index is 12.9. The van der Waals surface area contributed by atoms with Crippen LogP contribution in [0.3, 0.4) is 0 Å². The van der Waals surface area contributed by atoms with Crippen molar-refractivity contribution in [3.63, 3.8) is 0 Å². The molecule has 1 unspecified atom stereocenters. The molecule has 2 aromatic rings. The van der Waals surface area contributed by atoms with Gasteiger partial charge in [0.15, 0.2) is 0 Å². The van der Waals surface area contributed by atoms with E-state index in [0.717, 1.165) is 4.57 Å². The summed E-state index contributed by atoms with van der Waals surface area (Å²) < 4.78 is 52.8. The first-order chi connectivity index (χ1) is 10.4. The van der Waals surface area contributed by atoms with Gasteiger partial charge in [-0.25, -0.2) is 18.1 Å². The molecule has 120 valence electrons. The molecule has 0 radical (unpaired) electrons. The first-order valence-corrected chi connectivity index (χ1v) is 8.43. The van der Waals surface area contributed by atoms with E-state index in [2.05, 4.69) is 9.71 Å². The van der Waals surface area contributed by atoms with Crippen molar-refractivity contribution in [2.24, 2.45) is 0 Å². The first-order valence-electron chi connectivity index (χ1n) is 6.77. The minimum Gasteiger partial charge on any atom is -0.278 e. The van der Waals surface area contributed by atoms with Gasteiger partial charge in [-0.2, -0.15) is 8.78 Å². The van der Waals surface area contributed by atoms with E-state index in [9.17, 15) is 17.2 Å². The molecule has 0 bridgehead atoms. The molecule has 0 fully saturated rings. The number of aromatic nitrogens is 2. The lowest BCUT2D eigenvalue weighted by molar-refractivity contribution is 0.0667. The second-order valence-corrected chi connectivity index (χ2v) is 6.76. The van der Waals surface area contributed by atoms with Gasteiger partial charge in [-0.1, -0.05) is 30.3 Å². The van der Waals surface area contributed by atoms with Crippen LogP contribution in [0.2, 0.25) is 0 Å². The van der Waals surface area contributed by atoms with Crippen molar-refractivity contribution >= 4 is 10.0 Å². The van der Waals surface area contributed by atoms with Crippen LogP contribution < -0.4 is 4.72 Å². The van der Waals surface area contributed by atoms with Crippen molar-refractivity contribution in [3.8, 4) is 0 Å². The third kappa shape index (κ3) is 4.11. The Kier molecular flexibility index (Phi) is 5.25. The minimum atomic E-state index is -3.48. The molecular weight excluding hydrogens is 312 g/mol. The summed E-state index contributed by atoms with van der Waals surface area (Å²) in [4.78, 5) is 3.91. The van der Waals surface area contributed by atoms with Gasteiger partial charge in [-0.15, -0.1) is 0 Å². The smallest absolute Gasteiger partial charge is 0.278 e. The predicted octanol–water partition coefficient (Wildman–Crippen LogP) is 2.50. The van der Waals surface area contributed by atoms with Gasteiger partial charge in [-0.3, -0.25) is 4.57 Å². The molecule has 0 amide bonds. The van der Waals surface area contributed by atoms with E-state index in [-0.39, 0.29) is 18.0 Å². The number of sulfonamides is 1. The van der Waals surface area contributed by atoms with Crippen molar-refractivity contribution in [1.82, 2.24) is 14.3 Å². The fraction of sp³-hybridized carbons (Fsp3) is 0.357. The van der Waals surface area contributed by atoms with E-state index >= 15 is 0 Å². The molecule has 1 aromatic carbocycles. The summed E-state index contributed by atoms with van der Waals surface area (Å²) >= 11 is 0. The van der Waals surface area contributed by atoms with Gasteiger partial charge in [0.25, 0.3) is 0 Å². The van der Waals surface area contributed by atoms with E-state index in [1.807, 2.05) is 0 Å². The molecule has 0 aliphatic heterocycles. The average Bonchev–Trinajstić information content (AvgIpc) is 2.96. The van der Waals surface area contributed by atoms with Crippen LogP contribution in [0.1, 0.15) is 30.9 Å². The highest BCUT2D eigenvalue weighted by molar-refractivity contribution is 7.89.